The molecular formula is C30H35N3O2. The highest BCUT2D eigenvalue weighted by molar-refractivity contribution is 5.78. The van der Waals surface area contributed by atoms with E-state index in [-0.39, 0.29) is 11.3 Å². The highest BCUT2D eigenvalue weighted by atomic mass is 16.5. The Hall–Kier alpha value is -3.60. The average molecular weight is 470 g/mol. The minimum absolute atomic E-state index is 0.0302. The molecule has 1 amide bonds. The number of carbonyl (C=O) groups is 1. The van der Waals surface area contributed by atoms with Crippen LogP contribution in [-0.2, 0) is 29.6 Å². The van der Waals surface area contributed by atoms with Gasteiger partial charge in [-0.15, -0.1) is 0 Å². The number of nitrogens with one attached hydrogen (secondary N) is 1. The van der Waals surface area contributed by atoms with Crippen LogP contribution in [0.4, 0.5) is 0 Å². The van der Waals surface area contributed by atoms with Gasteiger partial charge in [-0.2, -0.15) is 0 Å². The number of ether oxygens (including phenoxy) is 1. The lowest BCUT2D eigenvalue weighted by Crippen LogP contribution is -2.26. The number of imidazole rings is 1. The zero-order valence-electron chi connectivity index (χ0n) is 21.2. The maximum Gasteiger partial charge on any atom is 0.224 e. The molecule has 0 aliphatic rings. The first-order valence-electron chi connectivity index (χ1n) is 12.3. The molecule has 0 spiro atoms. The van der Waals surface area contributed by atoms with Crippen molar-refractivity contribution in [2.75, 3.05) is 13.7 Å². The molecule has 182 valence electrons. The number of aromatic nitrogens is 2. The zero-order valence-corrected chi connectivity index (χ0v) is 21.2. The van der Waals surface area contributed by atoms with E-state index in [2.05, 4.69) is 73.1 Å². The number of aryl methyl sites for hydroxylation is 1. The van der Waals surface area contributed by atoms with Gasteiger partial charge in [-0.3, -0.25) is 4.79 Å². The van der Waals surface area contributed by atoms with Crippen molar-refractivity contribution >= 4 is 16.9 Å². The van der Waals surface area contributed by atoms with Crippen molar-refractivity contribution in [3.05, 3.63) is 95.3 Å². The molecule has 1 heterocycles. The van der Waals surface area contributed by atoms with Crippen molar-refractivity contribution in [3.8, 4) is 5.75 Å². The molecule has 0 bridgehead atoms. The van der Waals surface area contributed by atoms with Gasteiger partial charge in [0.15, 0.2) is 0 Å². The summed E-state index contributed by atoms with van der Waals surface area (Å²) in [6.07, 6.45) is 2.01. The highest BCUT2D eigenvalue weighted by Gasteiger charge is 2.14. The third-order valence-corrected chi connectivity index (χ3v) is 6.32. The van der Waals surface area contributed by atoms with Crippen molar-refractivity contribution < 1.29 is 9.53 Å². The Kier molecular flexibility index (Phi) is 7.54. The van der Waals surface area contributed by atoms with Crippen LogP contribution in [0.25, 0.3) is 11.0 Å². The number of benzene rings is 3. The van der Waals surface area contributed by atoms with Gasteiger partial charge in [-0.25, -0.2) is 4.98 Å². The summed E-state index contributed by atoms with van der Waals surface area (Å²) in [7, 11) is 1.64. The van der Waals surface area contributed by atoms with Crippen LogP contribution < -0.4 is 10.1 Å². The monoisotopic (exact) mass is 469 g/mol. The molecule has 35 heavy (non-hydrogen) atoms. The predicted octanol–water partition coefficient (Wildman–Crippen LogP) is 5.68. The fourth-order valence-corrected chi connectivity index (χ4v) is 4.25. The SMILES string of the molecule is COc1ccc(CC(=O)NCCCc2nc3ccccc3n2Cc2ccc(C(C)(C)C)cc2)cc1. The van der Waals surface area contributed by atoms with E-state index in [9.17, 15) is 4.79 Å². The van der Waals surface area contributed by atoms with Crippen LogP contribution in [0.2, 0.25) is 0 Å². The fraction of sp³-hybridized carbons (Fsp3) is 0.333. The van der Waals surface area contributed by atoms with E-state index in [0.29, 0.717) is 13.0 Å². The van der Waals surface area contributed by atoms with Crippen LogP contribution in [0.1, 0.15) is 49.7 Å². The number of rotatable bonds is 9. The Morgan fingerprint density at radius 2 is 1.63 bits per heavy atom. The van der Waals surface area contributed by atoms with Gasteiger partial charge in [0.25, 0.3) is 0 Å². The summed E-state index contributed by atoms with van der Waals surface area (Å²) in [5.41, 5.74) is 5.87. The molecule has 0 radical (unpaired) electrons. The number of carbonyl (C=O) groups excluding carboxylic acids is 1. The minimum atomic E-state index is 0.0302. The van der Waals surface area contributed by atoms with Gasteiger partial charge < -0.3 is 14.6 Å². The Balaban J connectivity index is 1.38. The number of fused-ring (bicyclic) bond motifs is 1. The Labute approximate surface area is 208 Å². The zero-order chi connectivity index (χ0) is 24.8. The van der Waals surface area contributed by atoms with Gasteiger partial charge in [0.2, 0.25) is 5.91 Å². The van der Waals surface area contributed by atoms with Crippen LogP contribution in [0.15, 0.2) is 72.8 Å². The molecule has 0 saturated carbocycles. The summed E-state index contributed by atoms with van der Waals surface area (Å²) >= 11 is 0. The fourth-order valence-electron chi connectivity index (χ4n) is 4.25. The van der Waals surface area contributed by atoms with Gasteiger partial charge in [0, 0.05) is 19.5 Å². The standard InChI is InChI=1S/C30H35N3O2/c1-30(2,3)24-15-11-23(12-16-24)21-33-27-9-6-5-8-26(27)32-28(33)10-7-19-31-29(34)20-22-13-17-25(35-4)18-14-22/h5-6,8-9,11-18H,7,10,19-21H2,1-4H3,(H,31,34). The predicted molar refractivity (Wildman–Crippen MR) is 142 cm³/mol. The molecule has 0 saturated heterocycles. The largest absolute Gasteiger partial charge is 0.497 e. The number of nitrogens with zero attached hydrogens (tertiary/aromatic N) is 2. The number of hydrogen-bond donors (Lipinski definition) is 1. The van der Waals surface area contributed by atoms with E-state index < -0.39 is 0 Å². The molecule has 0 aliphatic heterocycles. The van der Waals surface area contributed by atoms with Gasteiger partial charge in [-0.1, -0.05) is 69.3 Å². The summed E-state index contributed by atoms with van der Waals surface area (Å²) in [6.45, 7) is 8.11. The molecule has 4 rings (SSSR count). The Morgan fingerprint density at radius 1 is 0.943 bits per heavy atom. The van der Waals surface area contributed by atoms with E-state index in [1.54, 1.807) is 7.11 Å². The normalized spacial score (nSPS) is 11.5. The summed E-state index contributed by atoms with van der Waals surface area (Å²) in [5.74, 6) is 1.88. The van der Waals surface area contributed by atoms with Crippen LogP contribution >= 0.6 is 0 Å². The van der Waals surface area contributed by atoms with Gasteiger partial charge in [-0.05, 0) is 52.8 Å². The second-order valence-electron chi connectivity index (χ2n) is 10.0. The highest BCUT2D eigenvalue weighted by Crippen LogP contribution is 2.24. The molecule has 3 aromatic carbocycles. The van der Waals surface area contributed by atoms with E-state index >= 15 is 0 Å². The second kappa shape index (κ2) is 10.8. The summed E-state index contributed by atoms with van der Waals surface area (Å²) in [5, 5.41) is 3.05. The Bertz CT molecular complexity index is 1270. The van der Waals surface area contributed by atoms with E-state index in [0.717, 1.165) is 47.6 Å². The second-order valence-corrected chi connectivity index (χ2v) is 10.0. The van der Waals surface area contributed by atoms with E-state index in [1.165, 1.54) is 11.1 Å². The number of para-hydroxylation sites is 2. The molecule has 0 aliphatic carbocycles. The van der Waals surface area contributed by atoms with Gasteiger partial charge >= 0.3 is 0 Å². The molecular weight excluding hydrogens is 434 g/mol. The van der Waals surface area contributed by atoms with Crippen LogP contribution in [0.3, 0.4) is 0 Å². The molecule has 0 unspecified atom stereocenters. The lowest BCUT2D eigenvalue weighted by Gasteiger charge is -2.19. The third-order valence-electron chi connectivity index (χ3n) is 6.32. The summed E-state index contributed by atoms with van der Waals surface area (Å²) < 4.78 is 7.48. The van der Waals surface area contributed by atoms with Gasteiger partial charge in [0.05, 0.1) is 24.6 Å². The van der Waals surface area contributed by atoms with Crippen molar-refractivity contribution in [1.82, 2.24) is 14.9 Å². The third kappa shape index (κ3) is 6.30. The summed E-state index contributed by atoms with van der Waals surface area (Å²) in [6, 6.07) is 24.8. The maximum absolute atomic E-state index is 12.4. The lowest BCUT2D eigenvalue weighted by molar-refractivity contribution is -0.120. The van der Waals surface area contributed by atoms with Crippen molar-refractivity contribution in [2.45, 2.75) is 52.0 Å². The van der Waals surface area contributed by atoms with Crippen molar-refractivity contribution in [3.63, 3.8) is 0 Å². The minimum Gasteiger partial charge on any atom is -0.497 e. The van der Waals surface area contributed by atoms with Gasteiger partial charge in [0.1, 0.15) is 11.6 Å². The lowest BCUT2D eigenvalue weighted by atomic mass is 9.87. The Morgan fingerprint density at radius 3 is 2.31 bits per heavy atom. The molecule has 4 aromatic rings. The molecule has 0 atom stereocenters. The first-order chi connectivity index (χ1) is 16.8. The maximum atomic E-state index is 12.4. The molecule has 0 fully saturated rings. The number of amides is 1. The number of methoxy groups -OCH3 is 1. The number of hydrogen-bond acceptors (Lipinski definition) is 3. The molecule has 1 N–H and O–H groups in total. The first kappa shape index (κ1) is 24.5. The average Bonchev–Trinajstić information content (AvgIpc) is 3.19. The van der Waals surface area contributed by atoms with E-state index in [1.807, 2.05) is 30.3 Å². The van der Waals surface area contributed by atoms with Crippen LogP contribution in [0.5, 0.6) is 5.75 Å². The van der Waals surface area contributed by atoms with Crippen LogP contribution in [0, 0.1) is 0 Å². The topological polar surface area (TPSA) is 56.1 Å². The smallest absolute Gasteiger partial charge is 0.224 e. The first-order valence-corrected chi connectivity index (χ1v) is 12.3. The van der Waals surface area contributed by atoms with Crippen molar-refractivity contribution in [2.24, 2.45) is 0 Å². The molecule has 5 heteroatoms. The van der Waals surface area contributed by atoms with Crippen LogP contribution in [-0.4, -0.2) is 29.1 Å². The quantitative estimate of drug-likeness (QED) is 0.321. The molecule has 5 nitrogen and oxygen atoms in total. The van der Waals surface area contributed by atoms with Crippen molar-refractivity contribution in [1.29, 1.82) is 0 Å². The molecule has 1 aromatic heterocycles. The summed E-state index contributed by atoms with van der Waals surface area (Å²) in [4.78, 5) is 17.3. The van der Waals surface area contributed by atoms with E-state index in [4.69, 9.17) is 9.72 Å².